The zero-order valence-electron chi connectivity index (χ0n) is 12.4. The molecule has 0 bridgehead atoms. The summed E-state index contributed by atoms with van der Waals surface area (Å²) in [5.74, 6) is 1.32. The second kappa shape index (κ2) is 6.59. The van der Waals surface area contributed by atoms with Gasteiger partial charge in [-0.05, 0) is 24.4 Å². The number of piperazine rings is 1. The molecule has 1 unspecified atom stereocenters. The zero-order chi connectivity index (χ0) is 14.7. The third kappa shape index (κ3) is 2.97. The summed E-state index contributed by atoms with van der Waals surface area (Å²) in [5, 5.41) is 11.7. The molecule has 1 atom stereocenters. The van der Waals surface area contributed by atoms with Gasteiger partial charge in [0.05, 0.1) is 11.7 Å². The Kier molecular flexibility index (Phi) is 4.57. The summed E-state index contributed by atoms with van der Waals surface area (Å²) < 4.78 is 9.43. The standard InChI is InChI=1S/C13H20N6OS/c1-3-9-11(21-18-16-9)13-15-12(17-20-13)10(4-2)19-7-5-14-6-8-19/h10,14H,3-8H2,1-2H3. The van der Waals surface area contributed by atoms with Gasteiger partial charge in [-0.15, -0.1) is 5.10 Å². The van der Waals surface area contributed by atoms with Crippen molar-refractivity contribution in [2.24, 2.45) is 0 Å². The fourth-order valence-electron chi connectivity index (χ4n) is 2.66. The molecule has 2 aromatic heterocycles. The molecule has 1 fully saturated rings. The number of rotatable bonds is 5. The summed E-state index contributed by atoms with van der Waals surface area (Å²) in [6.45, 7) is 8.27. The molecule has 114 valence electrons. The van der Waals surface area contributed by atoms with Crippen LogP contribution in [0.4, 0.5) is 0 Å². The van der Waals surface area contributed by atoms with Crippen LogP contribution in [0.15, 0.2) is 4.52 Å². The Morgan fingerprint density at radius 3 is 2.86 bits per heavy atom. The minimum absolute atomic E-state index is 0.218. The maximum Gasteiger partial charge on any atom is 0.271 e. The number of nitrogens with zero attached hydrogens (tertiary/aromatic N) is 5. The van der Waals surface area contributed by atoms with Gasteiger partial charge < -0.3 is 9.84 Å². The Labute approximate surface area is 127 Å². The van der Waals surface area contributed by atoms with Crippen LogP contribution in [-0.2, 0) is 6.42 Å². The average Bonchev–Trinajstić information content (AvgIpc) is 3.17. The maximum atomic E-state index is 5.45. The lowest BCUT2D eigenvalue weighted by Gasteiger charge is -2.32. The van der Waals surface area contributed by atoms with Crippen LogP contribution in [0.1, 0.15) is 37.8 Å². The predicted molar refractivity (Wildman–Crippen MR) is 80.1 cm³/mol. The molecule has 21 heavy (non-hydrogen) atoms. The fourth-order valence-corrected chi connectivity index (χ4v) is 3.34. The number of aryl methyl sites for hydroxylation is 1. The molecule has 7 nitrogen and oxygen atoms in total. The molecule has 1 aliphatic heterocycles. The number of nitrogens with one attached hydrogen (secondary N) is 1. The van der Waals surface area contributed by atoms with E-state index in [2.05, 4.69) is 36.9 Å². The lowest BCUT2D eigenvalue weighted by molar-refractivity contribution is 0.160. The minimum atomic E-state index is 0.218. The molecule has 0 saturated carbocycles. The van der Waals surface area contributed by atoms with Gasteiger partial charge in [-0.2, -0.15) is 4.98 Å². The first-order valence-corrected chi connectivity index (χ1v) is 8.20. The first kappa shape index (κ1) is 14.6. The second-order valence-electron chi connectivity index (χ2n) is 5.07. The highest BCUT2D eigenvalue weighted by Crippen LogP contribution is 2.28. The molecular weight excluding hydrogens is 288 g/mol. The predicted octanol–water partition coefficient (Wildman–Crippen LogP) is 1.51. The zero-order valence-corrected chi connectivity index (χ0v) is 13.2. The number of hydrogen-bond donors (Lipinski definition) is 1. The first-order valence-electron chi connectivity index (χ1n) is 7.43. The van der Waals surface area contributed by atoms with Crippen molar-refractivity contribution in [1.82, 2.24) is 29.9 Å². The lowest BCUT2D eigenvalue weighted by Crippen LogP contribution is -2.45. The van der Waals surface area contributed by atoms with E-state index in [-0.39, 0.29) is 6.04 Å². The van der Waals surface area contributed by atoms with Crippen LogP contribution in [0, 0.1) is 0 Å². The first-order chi connectivity index (χ1) is 10.3. The molecule has 3 rings (SSSR count). The van der Waals surface area contributed by atoms with Gasteiger partial charge in [-0.3, -0.25) is 4.90 Å². The topological polar surface area (TPSA) is 80.0 Å². The van der Waals surface area contributed by atoms with Crippen molar-refractivity contribution in [3.63, 3.8) is 0 Å². The molecular formula is C13H20N6OS. The van der Waals surface area contributed by atoms with Crippen molar-refractivity contribution in [3.8, 4) is 10.8 Å². The highest BCUT2D eigenvalue weighted by molar-refractivity contribution is 7.09. The molecule has 2 aromatic rings. The monoisotopic (exact) mass is 308 g/mol. The van der Waals surface area contributed by atoms with Crippen LogP contribution in [0.5, 0.6) is 0 Å². The van der Waals surface area contributed by atoms with Crippen LogP contribution in [0.25, 0.3) is 10.8 Å². The van der Waals surface area contributed by atoms with Crippen molar-refractivity contribution >= 4 is 11.5 Å². The smallest absolute Gasteiger partial charge is 0.271 e. The Hall–Kier alpha value is -1.38. The van der Waals surface area contributed by atoms with Gasteiger partial charge in [0.2, 0.25) is 0 Å². The summed E-state index contributed by atoms with van der Waals surface area (Å²) in [6, 6.07) is 0.218. The van der Waals surface area contributed by atoms with Gasteiger partial charge >= 0.3 is 0 Å². The van der Waals surface area contributed by atoms with E-state index in [1.54, 1.807) is 0 Å². The van der Waals surface area contributed by atoms with Crippen LogP contribution in [-0.4, -0.2) is 50.8 Å². The van der Waals surface area contributed by atoms with Crippen molar-refractivity contribution in [3.05, 3.63) is 11.5 Å². The largest absolute Gasteiger partial charge is 0.333 e. The molecule has 0 aliphatic carbocycles. The summed E-state index contributed by atoms with van der Waals surface area (Å²) in [5.41, 5.74) is 0.922. The quantitative estimate of drug-likeness (QED) is 0.896. The molecule has 0 radical (unpaired) electrons. The van der Waals surface area contributed by atoms with Gasteiger partial charge in [-0.1, -0.05) is 23.5 Å². The SMILES string of the molecule is CCc1nnsc1-c1nc(C(CC)N2CCNCC2)no1. The normalized spacial score (nSPS) is 18.0. The lowest BCUT2D eigenvalue weighted by atomic mass is 10.1. The molecule has 8 heteroatoms. The Morgan fingerprint density at radius 1 is 1.33 bits per heavy atom. The Balaban J connectivity index is 1.82. The third-order valence-electron chi connectivity index (χ3n) is 3.80. The van der Waals surface area contributed by atoms with Gasteiger partial charge in [0, 0.05) is 26.2 Å². The van der Waals surface area contributed by atoms with Crippen molar-refractivity contribution in [2.75, 3.05) is 26.2 Å². The highest BCUT2D eigenvalue weighted by atomic mass is 32.1. The summed E-state index contributed by atoms with van der Waals surface area (Å²) in [4.78, 5) is 7.91. The third-order valence-corrected chi connectivity index (χ3v) is 4.56. The maximum absolute atomic E-state index is 5.45. The Bertz CT molecular complexity index is 577. The van der Waals surface area contributed by atoms with E-state index in [0.717, 1.165) is 55.4 Å². The molecule has 0 spiro atoms. The van der Waals surface area contributed by atoms with E-state index in [0.29, 0.717) is 5.89 Å². The van der Waals surface area contributed by atoms with Crippen molar-refractivity contribution in [1.29, 1.82) is 0 Å². The van der Waals surface area contributed by atoms with Gasteiger partial charge in [0.1, 0.15) is 4.88 Å². The van der Waals surface area contributed by atoms with E-state index in [9.17, 15) is 0 Å². The van der Waals surface area contributed by atoms with Gasteiger partial charge in [0.15, 0.2) is 5.82 Å². The minimum Gasteiger partial charge on any atom is -0.333 e. The van der Waals surface area contributed by atoms with Crippen molar-refractivity contribution < 1.29 is 4.52 Å². The molecule has 1 aliphatic rings. The van der Waals surface area contributed by atoms with E-state index in [1.165, 1.54) is 11.5 Å². The summed E-state index contributed by atoms with van der Waals surface area (Å²) >= 11 is 1.31. The van der Waals surface area contributed by atoms with Crippen LogP contribution in [0.2, 0.25) is 0 Å². The van der Waals surface area contributed by atoms with E-state index in [1.807, 2.05) is 6.92 Å². The summed E-state index contributed by atoms with van der Waals surface area (Å²) in [6.07, 6.45) is 1.79. The highest BCUT2D eigenvalue weighted by Gasteiger charge is 2.26. The fraction of sp³-hybridized carbons (Fsp3) is 0.692. The molecule has 1 N–H and O–H groups in total. The number of aromatic nitrogens is 4. The van der Waals surface area contributed by atoms with E-state index < -0.39 is 0 Å². The molecule has 0 amide bonds. The van der Waals surface area contributed by atoms with Gasteiger partial charge in [0.25, 0.3) is 5.89 Å². The van der Waals surface area contributed by atoms with Crippen LogP contribution < -0.4 is 5.32 Å². The average molecular weight is 308 g/mol. The van der Waals surface area contributed by atoms with Crippen LogP contribution in [0.3, 0.4) is 0 Å². The van der Waals surface area contributed by atoms with E-state index in [4.69, 9.17) is 4.52 Å². The molecule has 1 saturated heterocycles. The summed E-state index contributed by atoms with van der Waals surface area (Å²) in [7, 11) is 0. The Morgan fingerprint density at radius 2 is 2.14 bits per heavy atom. The van der Waals surface area contributed by atoms with Gasteiger partial charge in [-0.25, -0.2) is 0 Å². The second-order valence-corrected chi connectivity index (χ2v) is 5.82. The molecule has 0 aromatic carbocycles. The van der Waals surface area contributed by atoms with Crippen LogP contribution >= 0.6 is 11.5 Å². The molecule has 3 heterocycles. The van der Waals surface area contributed by atoms with Crippen molar-refractivity contribution in [2.45, 2.75) is 32.7 Å². The number of hydrogen-bond acceptors (Lipinski definition) is 8. The van der Waals surface area contributed by atoms with E-state index >= 15 is 0 Å².